The minimum Gasteiger partial charge on any atom is -0.454 e. The van der Waals surface area contributed by atoms with Crippen molar-refractivity contribution in [3.8, 4) is 5.82 Å². The molecule has 1 aromatic carbocycles. The predicted molar refractivity (Wildman–Crippen MR) is 120 cm³/mol. The maximum atomic E-state index is 13.2. The molecule has 3 aromatic heterocycles. The summed E-state index contributed by atoms with van der Waals surface area (Å²) < 4.78 is 22.0. The van der Waals surface area contributed by atoms with Crippen LogP contribution < -0.4 is 0 Å². The van der Waals surface area contributed by atoms with Gasteiger partial charge in [-0.2, -0.15) is 5.10 Å². The summed E-state index contributed by atoms with van der Waals surface area (Å²) in [6.07, 6.45) is 3.05. The first kappa shape index (κ1) is 22.1. The quantitative estimate of drug-likeness (QED) is 0.314. The third-order valence-electron chi connectivity index (χ3n) is 5.56. The summed E-state index contributed by atoms with van der Waals surface area (Å²) in [5.74, 6) is -0.628. The predicted octanol–water partition coefficient (Wildman–Crippen LogP) is 4.22. The maximum absolute atomic E-state index is 13.2. The summed E-state index contributed by atoms with van der Waals surface area (Å²) in [6.45, 7) is 5.61. The van der Waals surface area contributed by atoms with Gasteiger partial charge in [0.2, 0.25) is 5.78 Å². The third-order valence-corrected chi connectivity index (χ3v) is 5.56. The Hall–Kier alpha value is -4.07. The molecule has 0 N–H and O–H groups in total. The summed E-state index contributed by atoms with van der Waals surface area (Å²) in [5, 5.41) is 4.21. The molecule has 0 saturated carbocycles. The van der Waals surface area contributed by atoms with Gasteiger partial charge < -0.3 is 9.30 Å². The molecule has 0 aliphatic rings. The molecule has 0 bridgehead atoms. The number of aryl methyl sites for hydroxylation is 1. The Kier molecular flexibility index (Phi) is 6.17. The molecule has 0 aliphatic heterocycles. The van der Waals surface area contributed by atoms with Crippen molar-refractivity contribution in [1.82, 2.24) is 19.3 Å². The summed E-state index contributed by atoms with van der Waals surface area (Å²) in [7, 11) is 0. The average molecular weight is 446 g/mol. The smallest absolute Gasteiger partial charge is 0.342 e. The van der Waals surface area contributed by atoms with Crippen molar-refractivity contribution in [2.75, 3.05) is 6.61 Å². The zero-order valence-electron chi connectivity index (χ0n) is 18.6. The standard InChI is InChI=1S/C25H23FN4O3/c1-16-12-21(17(2)29(16)14-19-7-9-20(26)10-8-19)23(31)15-33-25(32)22-13-28-30(18(22)3)24-6-4-5-11-27-24/h4-13H,14-15H2,1-3H3. The van der Waals surface area contributed by atoms with Crippen LogP contribution in [0.5, 0.6) is 0 Å². The first-order valence-electron chi connectivity index (χ1n) is 10.4. The molecule has 0 fully saturated rings. The number of hydrogen-bond donors (Lipinski definition) is 0. The molecule has 33 heavy (non-hydrogen) atoms. The van der Waals surface area contributed by atoms with Crippen molar-refractivity contribution in [1.29, 1.82) is 0 Å². The van der Waals surface area contributed by atoms with Crippen molar-refractivity contribution in [3.05, 3.63) is 101 Å². The molecule has 0 radical (unpaired) electrons. The minimum atomic E-state index is -0.622. The van der Waals surface area contributed by atoms with Gasteiger partial charge in [-0.25, -0.2) is 18.9 Å². The van der Waals surface area contributed by atoms with Crippen LogP contribution in [0.2, 0.25) is 0 Å². The second-order valence-electron chi connectivity index (χ2n) is 7.74. The Morgan fingerprint density at radius 2 is 1.76 bits per heavy atom. The lowest BCUT2D eigenvalue weighted by Gasteiger charge is -2.10. The molecule has 8 heteroatoms. The lowest BCUT2D eigenvalue weighted by Crippen LogP contribution is -2.16. The first-order chi connectivity index (χ1) is 15.8. The van der Waals surface area contributed by atoms with Crippen LogP contribution in [0.1, 0.15) is 43.4 Å². The normalized spacial score (nSPS) is 10.9. The number of benzene rings is 1. The van der Waals surface area contributed by atoms with Gasteiger partial charge in [-0.3, -0.25) is 4.79 Å². The number of halogens is 1. The Labute approximate surface area is 190 Å². The van der Waals surface area contributed by atoms with Crippen molar-refractivity contribution in [3.63, 3.8) is 0 Å². The number of nitrogens with zero attached hydrogens (tertiary/aromatic N) is 4. The Morgan fingerprint density at radius 3 is 2.45 bits per heavy atom. The maximum Gasteiger partial charge on any atom is 0.342 e. The molecule has 0 saturated heterocycles. The number of carbonyl (C=O) groups excluding carboxylic acids is 2. The zero-order valence-corrected chi connectivity index (χ0v) is 18.6. The summed E-state index contributed by atoms with van der Waals surface area (Å²) in [4.78, 5) is 29.6. The van der Waals surface area contributed by atoms with Gasteiger partial charge in [0.05, 0.1) is 11.9 Å². The van der Waals surface area contributed by atoms with Crippen molar-refractivity contribution >= 4 is 11.8 Å². The molecular formula is C25H23FN4O3. The first-order valence-corrected chi connectivity index (χ1v) is 10.4. The minimum absolute atomic E-state index is 0.273. The second-order valence-corrected chi connectivity index (χ2v) is 7.74. The lowest BCUT2D eigenvalue weighted by atomic mass is 10.1. The highest BCUT2D eigenvalue weighted by Gasteiger charge is 2.21. The van der Waals surface area contributed by atoms with Gasteiger partial charge in [0.1, 0.15) is 11.4 Å². The number of ketones is 1. The molecule has 168 valence electrons. The highest BCUT2D eigenvalue weighted by atomic mass is 19.1. The van der Waals surface area contributed by atoms with E-state index in [9.17, 15) is 14.0 Å². The number of ether oxygens (including phenoxy) is 1. The Balaban J connectivity index is 1.45. The van der Waals surface area contributed by atoms with Gasteiger partial charge in [-0.05, 0) is 56.7 Å². The third kappa shape index (κ3) is 4.59. The monoisotopic (exact) mass is 446 g/mol. The molecule has 4 aromatic rings. The molecule has 0 amide bonds. The molecule has 0 spiro atoms. The molecule has 4 rings (SSSR count). The number of hydrogen-bond acceptors (Lipinski definition) is 5. The Bertz CT molecular complexity index is 1310. The van der Waals surface area contributed by atoms with Crippen LogP contribution in [0.25, 0.3) is 5.82 Å². The highest BCUT2D eigenvalue weighted by Crippen LogP contribution is 2.19. The number of carbonyl (C=O) groups is 2. The van der Waals surface area contributed by atoms with E-state index in [4.69, 9.17) is 4.74 Å². The van der Waals surface area contributed by atoms with E-state index in [1.54, 1.807) is 48.1 Å². The lowest BCUT2D eigenvalue weighted by molar-refractivity contribution is 0.0473. The van der Waals surface area contributed by atoms with Crippen LogP contribution in [0.3, 0.4) is 0 Å². The van der Waals surface area contributed by atoms with Crippen molar-refractivity contribution in [2.24, 2.45) is 0 Å². The van der Waals surface area contributed by atoms with Crippen LogP contribution in [0.15, 0.2) is 60.9 Å². The van der Waals surface area contributed by atoms with Crippen LogP contribution in [-0.2, 0) is 11.3 Å². The summed E-state index contributed by atoms with van der Waals surface area (Å²) in [6, 6.07) is 13.4. The van der Waals surface area contributed by atoms with E-state index in [2.05, 4.69) is 10.1 Å². The Morgan fingerprint density at radius 1 is 1.00 bits per heavy atom. The number of Topliss-reactive ketones (excluding diaryl/α,β-unsaturated/α-hetero) is 1. The van der Waals surface area contributed by atoms with Gasteiger partial charge in [0, 0.05) is 29.7 Å². The molecule has 0 atom stereocenters. The topological polar surface area (TPSA) is 79.0 Å². The van der Waals surface area contributed by atoms with E-state index in [-0.39, 0.29) is 23.8 Å². The van der Waals surface area contributed by atoms with E-state index in [0.717, 1.165) is 17.0 Å². The van der Waals surface area contributed by atoms with Gasteiger partial charge >= 0.3 is 5.97 Å². The van der Waals surface area contributed by atoms with Gasteiger partial charge in [-0.1, -0.05) is 18.2 Å². The van der Waals surface area contributed by atoms with Gasteiger partial charge in [0.25, 0.3) is 0 Å². The average Bonchev–Trinajstić information content (AvgIpc) is 3.34. The highest BCUT2D eigenvalue weighted by molar-refractivity contribution is 6.00. The van der Waals surface area contributed by atoms with Crippen LogP contribution in [0, 0.1) is 26.6 Å². The molecular weight excluding hydrogens is 423 g/mol. The number of pyridine rings is 1. The fraction of sp³-hybridized carbons (Fsp3) is 0.200. The molecule has 7 nitrogen and oxygen atoms in total. The fourth-order valence-corrected chi connectivity index (χ4v) is 3.71. The number of rotatable bonds is 7. The number of aromatic nitrogens is 4. The van der Waals surface area contributed by atoms with Gasteiger partial charge in [0.15, 0.2) is 12.4 Å². The van der Waals surface area contributed by atoms with E-state index in [0.29, 0.717) is 23.6 Å². The van der Waals surface area contributed by atoms with Crippen LogP contribution in [-0.4, -0.2) is 37.7 Å². The molecule has 0 aliphatic carbocycles. The summed E-state index contributed by atoms with van der Waals surface area (Å²) >= 11 is 0. The van der Waals surface area contributed by atoms with Crippen molar-refractivity contribution in [2.45, 2.75) is 27.3 Å². The SMILES string of the molecule is Cc1c(C(=O)OCC(=O)c2cc(C)n(Cc3ccc(F)cc3)c2C)cnn1-c1ccccn1. The molecule has 3 heterocycles. The molecule has 0 unspecified atom stereocenters. The zero-order chi connectivity index (χ0) is 23.5. The fourth-order valence-electron chi connectivity index (χ4n) is 3.71. The van der Waals surface area contributed by atoms with Crippen LogP contribution in [0.4, 0.5) is 4.39 Å². The number of esters is 1. The van der Waals surface area contributed by atoms with E-state index in [1.807, 2.05) is 24.5 Å². The second kappa shape index (κ2) is 9.20. The van der Waals surface area contributed by atoms with Crippen molar-refractivity contribution < 1.29 is 18.7 Å². The van der Waals surface area contributed by atoms with Gasteiger partial charge in [-0.15, -0.1) is 0 Å². The van der Waals surface area contributed by atoms with E-state index in [1.165, 1.54) is 18.3 Å². The van der Waals surface area contributed by atoms with Crippen LogP contribution >= 0.6 is 0 Å². The summed E-state index contributed by atoms with van der Waals surface area (Å²) in [5.41, 5.74) is 3.90. The largest absolute Gasteiger partial charge is 0.454 e. The van der Waals surface area contributed by atoms with E-state index < -0.39 is 5.97 Å². The van der Waals surface area contributed by atoms with E-state index >= 15 is 0 Å².